The monoisotopic (exact) mass is 212 g/mol. The Morgan fingerprint density at radius 1 is 1.40 bits per heavy atom. The second-order valence-electron chi connectivity index (χ2n) is 3.52. The van der Waals surface area contributed by atoms with Gasteiger partial charge in [0.05, 0.1) is 5.56 Å². The molecule has 2 rings (SSSR count). The highest BCUT2D eigenvalue weighted by molar-refractivity contribution is 6.04. The Morgan fingerprint density at radius 3 is 2.80 bits per heavy atom. The molecule has 1 aromatic rings. The first-order valence-corrected chi connectivity index (χ1v) is 4.83. The van der Waals surface area contributed by atoms with Gasteiger partial charge in [-0.1, -0.05) is 13.3 Å². The highest BCUT2D eigenvalue weighted by Crippen LogP contribution is 2.33. The molecule has 0 saturated heterocycles. The molecule has 1 aliphatic heterocycles. The molecule has 4 heteroatoms. The maximum absolute atomic E-state index is 13.3. The smallest absolute Gasteiger partial charge is 0.209 e. The van der Waals surface area contributed by atoms with Crippen molar-refractivity contribution >= 4 is 5.78 Å². The summed E-state index contributed by atoms with van der Waals surface area (Å²) in [4.78, 5) is 11.6. The van der Waals surface area contributed by atoms with Gasteiger partial charge in [-0.15, -0.1) is 0 Å². The number of hydrogen-bond donors (Lipinski definition) is 0. The Kier molecular flexibility index (Phi) is 2.42. The van der Waals surface area contributed by atoms with Gasteiger partial charge in [0.2, 0.25) is 5.78 Å². The Bertz CT molecular complexity index is 415. The number of ketones is 1. The van der Waals surface area contributed by atoms with E-state index in [1.165, 1.54) is 0 Å². The van der Waals surface area contributed by atoms with Crippen LogP contribution >= 0.6 is 0 Å². The third-order valence-corrected chi connectivity index (χ3v) is 2.38. The average Bonchev–Trinajstić information content (AvgIpc) is 2.43. The molecule has 1 atom stereocenters. The fraction of sp³-hybridized carbons (Fsp3) is 0.364. The second-order valence-corrected chi connectivity index (χ2v) is 3.52. The zero-order valence-corrected chi connectivity index (χ0v) is 8.22. The van der Waals surface area contributed by atoms with Crippen LogP contribution in [-0.4, -0.2) is 11.9 Å². The highest BCUT2D eigenvalue weighted by Gasteiger charge is 2.34. The van der Waals surface area contributed by atoms with Gasteiger partial charge >= 0.3 is 0 Å². The van der Waals surface area contributed by atoms with Crippen LogP contribution in [0.25, 0.3) is 0 Å². The average molecular weight is 212 g/mol. The van der Waals surface area contributed by atoms with Crippen LogP contribution < -0.4 is 4.74 Å². The first kappa shape index (κ1) is 10.1. The van der Waals surface area contributed by atoms with Crippen LogP contribution in [0.4, 0.5) is 8.78 Å². The Labute approximate surface area is 85.9 Å². The van der Waals surface area contributed by atoms with E-state index in [1.54, 1.807) is 0 Å². The first-order valence-electron chi connectivity index (χ1n) is 4.83. The largest absolute Gasteiger partial charge is 0.481 e. The lowest BCUT2D eigenvalue weighted by molar-refractivity contribution is 0.0843. The van der Waals surface area contributed by atoms with E-state index >= 15 is 0 Å². The molecule has 1 unspecified atom stereocenters. The number of Topliss-reactive ketones (excluding diaryl/α,β-unsaturated/α-hetero) is 1. The van der Waals surface area contributed by atoms with Crippen molar-refractivity contribution in [2.24, 2.45) is 0 Å². The van der Waals surface area contributed by atoms with E-state index in [4.69, 9.17) is 4.74 Å². The predicted octanol–water partition coefficient (Wildman–Crippen LogP) is 2.71. The van der Waals surface area contributed by atoms with Gasteiger partial charge in [-0.3, -0.25) is 4.79 Å². The normalized spacial score (nSPS) is 18.9. The molecule has 80 valence electrons. The zero-order valence-electron chi connectivity index (χ0n) is 8.22. The van der Waals surface area contributed by atoms with Crippen LogP contribution in [0, 0.1) is 11.6 Å². The van der Waals surface area contributed by atoms with Crippen molar-refractivity contribution in [2.45, 2.75) is 25.9 Å². The van der Waals surface area contributed by atoms with Gasteiger partial charge in [-0.05, 0) is 6.42 Å². The lowest BCUT2D eigenvalue weighted by atomic mass is 10.0. The molecule has 0 saturated carbocycles. The fourth-order valence-corrected chi connectivity index (χ4v) is 1.70. The van der Waals surface area contributed by atoms with Crippen molar-refractivity contribution in [3.8, 4) is 5.75 Å². The molecule has 0 spiro atoms. The summed E-state index contributed by atoms with van der Waals surface area (Å²) in [6, 6.07) is 1.75. The molecule has 0 aliphatic carbocycles. The van der Waals surface area contributed by atoms with E-state index in [0.29, 0.717) is 12.5 Å². The van der Waals surface area contributed by atoms with Crippen molar-refractivity contribution in [3.63, 3.8) is 0 Å². The molecule has 15 heavy (non-hydrogen) atoms. The van der Waals surface area contributed by atoms with Crippen molar-refractivity contribution in [1.29, 1.82) is 0 Å². The van der Waals surface area contributed by atoms with Gasteiger partial charge < -0.3 is 4.74 Å². The third kappa shape index (κ3) is 1.60. The molecular formula is C11H10F2O2. The fourth-order valence-electron chi connectivity index (χ4n) is 1.70. The van der Waals surface area contributed by atoms with Gasteiger partial charge in [-0.2, -0.15) is 0 Å². The molecule has 2 nitrogen and oxygen atoms in total. The Balaban J connectivity index is 2.41. The summed E-state index contributed by atoms with van der Waals surface area (Å²) in [7, 11) is 0. The number of ether oxygens (including phenoxy) is 1. The number of hydrogen-bond acceptors (Lipinski definition) is 2. The molecule has 0 amide bonds. The van der Waals surface area contributed by atoms with E-state index in [2.05, 4.69) is 0 Å². The van der Waals surface area contributed by atoms with Crippen LogP contribution in [0.1, 0.15) is 30.1 Å². The van der Waals surface area contributed by atoms with Crippen molar-refractivity contribution in [3.05, 3.63) is 29.3 Å². The highest BCUT2D eigenvalue weighted by atomic mass is 19.1. The molecule has 0 aromatic heterocycles. The number of fused-ring (bicyclic) bond motifs is 1. The van der Waals surface area contributed by atoms with Gasteiger partial charge in [0.15, 0.2) is 6.10 Å². The number of halogens is 2. The topological polar surface area (TPSA) is 26.3 Å². The summed E-state index contributed by atoms with van der Waals surface area (Å²) in [5.41, 5.74) is -0.116. The number of benzene rings is 1. The van der Waals surface area contributed by atoms with Gasteiger partial charge in [0.1, 0.15) is 17.4 Å². The molecule has 1 aliphatic rings. The summed E-state index contributed by atoms with van der Waals surface area (Å²) >= 11 is 0. The van der Waals surface area contributed by atoms with E-state index in [-0.39, 0.29) is 17.1 Å². The molecule has 0 fully saturated rings. The Morgan fingerprint density at radius 2 is 2.13 bits per heavy atom. The van der Waals surface area contributed by atoms with Crippen LogP contribution in [-0.2, 0) is 0 Å². The van der Waals surface area contributed by atoms with E-state index in [9.17, 15) is 13.6 Å². The minimum absolute atomic E-state index is 0.0240. The van der Waals surface area contributed by atoms with Crippen LogP contribution in [0.15, 0.2) is 12.1 Å². The molecule has 1 heterocycles. The summed E-state index contributed by atoms with van der Waals surface area (Å²) in [5.74, 6) is -1.93. The van der Waals surface area contributed by atoms with Crippen molar-refractivity contribution in [2.75, 3.05) is 0 Å². The predicted molar refractivity (Wildman–Crippen MR) is 50.0 cm³/mol. The van der Waals surface area contributed by atoms with Crippen LogP contribution in [0.3, 0.4) is 0 Å². The number of carbonyl (C=O) groups excluding carboxylic acids is 1. The molecule has 0 N–H and O–H groups in total. The first-order chi connectivity index (χ1) is 7.13. The zero-order chi connectivity index (χ0) is 11.0. The van der Waals surface area contributed by atoms with Crippen LogP contribution in [0.2, 0.25) is 0 Å². The molecule has 0 radical (unpaired) electrons. The maximum atomic E-state index is 13.3. The van der Waals surface area contributed by atoms with Gasteiger partial charge in [0.25, 0.3) is 0 Å². The number of rotatable bonds is 2. The molecular weight excluding hydrogens is 202 g/mol. The second kappa shape index (κ2) is 3.61. The van der Waals surface area contributed by atoms with Crippen molar-refractivity contribution < 1.29 is 18.3 Å². The van der Waals surface area contributed by atoms with Crippen molar-refractivity contribution in [1.82, 2.24) is 0 Å². The third-order valence-electron chi connectivity index (χ3n) is 2.38. The minimum atomic E-state index is -0.839. The lowest BCUT2D eigenvalue weighted by Crippen LogP contribution is -2.20. The summed E-state index contributed by atoms with van der Waals surface area (Å²) < 4.78 is 31.3. The van der Waals surface area contributed by atoms with E-state index in [1.807, 2.05) is 6.92 Å². The minimum Gasteiger partial charge on any atom is -0.481 e. The maximum Gasteiger partial charge on any atom is 0.209 e. The molecule has 1 aromatic carbocycles. The van der Waals surface area contributed by atoms with Gasteiger partial charge in [-0.25, -0.2) is 8.78 Å². The Hall–Kier alpha value is -1.45. The van der Waals surface area contributed by atoms with E-state index in [0.717, 1.165) is 12.5 Å². The lowest BCUT2D eigenvalue weighted by Gasteiger charge is -2.06. The van der Waals surface area contributed by atoms with Gasteiger partial charge in [0, 0.05) is 12.1 Å². The van der Waals surface area contributed by atoms with E-state index < -0.39 is 17.7 Å². The summed E-state index contributed by atoms with van der Waals surface area (Å²) in [6.45, 7) is 1.90. The SMILES string of the molecule is CCCC1Oc2cc(F)cc(F)c2C1=O. The summed E-state index contributed by atoms with van der Waals surface area (Å²) in [5, 5.41) is 0. The number of carbonyl (C=O) groups is 1. The quantitative estimate of drug-likeness (QED) is 0.753. The van der Waals surface area contributed by atoms with Crippen LogP contribution in [0.5, 0.6) is 5.75 Å². The summed E-state index contributed by atoms with van der Waals surface area (Å²) in [6.07, 6.45) is 0.629. The molecule has 0 bridgehead atoms. The standard InChI is InChI=1S/C11H10F2O2/c1-2-3-8-11(14)10-7(13)4-6(12)5-9(10)15-8/h4-5,8H,2-3H2,1H3.